The van der Waals surface area contributed by atoms with E-state index in [1.54, 1.807) is 17.5 Å². The van der Waals surface area contributed by atoms with Gasteiger partial charge in [-0.25, -0.2) is 9.97 Å². The van der Waals surface area contributed by atoms with E-state index < -0.39 is 0 Å². The van der Waals surface area contributed by atoms with Gasteiger partial charge in [-0.15, -0.1) is 11.3 Å². The molecule has 1 aromatic carbocycles. The van der Waals surface area contributed by atoms with Gasteiger partial charge in [0, 0.05) is 49.7 Å². The average Bonchev–Trinajstić information content (AvgIpc) is 3.59. The van der Waals surface area contributed by atoms with Crippen LogP contribution in [0, 0.1) is 0 Å². The van der Waals surface area contributed by atoms with E-state index in [-0.39, 0.29) is 18.3 Å². The Morgan fingerprint density at radius 1 is 1.03 bits per heavy atom. The number of aldehydes is 1. The molecule has 0 spiro atoms. The average molecular weight is 518 g/mol. The van der Waals surface area contributed by atoms with Gasteiger partial charge in [0.15, 0.2) is 6.29 Å². The van der Waals surface area contributed by atoms with Gasteiger partial charge in [0.2, 0.25) is 0 Å². The van der Waals surface area contributed by atoms with Crippen LogP contribution >= 0.6 is 11.3 Å². The number of nitrogens with zero attached hydrogens (tertiary/aromatic N) is 6. The van der Waals surface area contributed by atoms with E-state index in [4.69, 9.17) is 10.7 Å². The Kier molecular flexibility index (Phi) is 6.72. The van der Waals surface area contributed by atoms with Crippen molar-refractivity contribution >= 4 is 33.7 Å². The third-order valence-electron chi connectivity index (χ3n) is 7.62. The molecular formula is C27H31N7O2S. The van der Waals surface area contributed by atoms with Crippen LogP contribution < -0.4 is 5.73 Å². The number of pyridine rings is 1. The molecule has 0 radical (unpaired) electrons. The van der Waals surface area contributed by atoms with Crippen molar-refractivity contribution in [3.8, 4) is 21.7 Å². The number of rotatable bonds is 6. The summed E-state index contributed by atoms with van der Waals surface area (Å²) in [5.41, 5.74) is 9.99. The molecule has 37 heavy (non-hydrogen) atoms. The van der Waals surface area contributed by atoms with Crippen LogP contribution in [0.4, 0.5) is 5.82 Å². The van der Waals surface area contributed by atoms with Crippen molar-refractivity contribution in [1.29, 1.82) is 0 Å². The molecule has 1 atom stereocenters. The van der Waals surface area contributed by atoms with Crippen LogP contribution in [0.15, 0.2) is 48.9 Å². The van der Waals surface area contributed by atoms with Crippen molar-refractivity contribution in [2.24, 2.45) is 0 Å². The number of aromatic nitrogens is 4. The smallest absolute Gasteiger partial charge is 0.151 e. The fourth-order valence-corrected chi connectivity index (χ4v) is 6.44. The molecule has 4 aromatic rings. The highest BCUT2D eigenvalue weighted by Crippen LogP contribution is 2.35. The van der Waals surface area contributed by atoms with Gasteiger partial charge in [-0.05, 0) is 43.9 Å². The molecule has 0 bridgehead atoms. The largest absolute Gasteiger partial charge is 0.393 e. The number of aliphatic hydroxyl groups is 1. The molecule has 2 fully saturated rings. The quantitative estimate of drug-likeness (QED) is 0.374. The number of piperidine rings is 2. The summed E-state index contributed by atoms with van der Waals surface area (Å²) in [6, 6.07) is 10.4. The number of thiazole rings is 1. The van der Waals surface area contributed by atoms with Crippen LogP contribution in [-0.2, 0) is 4.79 Å². The molecule has 0 saturated carbocycles. The maximum atomic E-state index is 11.9. The van der Waals surface area contributed by atoms with E-state index in [0.29, 0.717) is 5.82 Å². The predicted octanol–water partition coefficient (Wildman–Crippen LogP) is 3.42. The monoisotopic (exact) mass is 517 g/mol. The first-order valence-electron chi connectivity index (χ1n) is 12.9. The minimum atomic E-state index is -0.239. The number of benzene rings is 1. The fourth-order valence-electron chi connectivity index (χ4n) is 5.45. The van der Waals surface area contributed by atoms with E-state index >= 15 is 0 Å². The molecule has 1 unspecified atom stereocenters. The van der Waals surface area contributed by atoms with E-state index in [0.717, 1.165) is 90.1 Å². The second kappa shape index (κ2) is 10.3. The number of likely N-dealkylation sites (tertiary alicyclic amines) is 2. The van der Waals surface area contributed by atoms with Gasteiger partial charge in [-0.1, -0.05) is 12.1 Å². The topological polar surface area (TPSA) is 113 Å². The molecular weight excluding hydrogens is 486 g/mol. The van der Waals surface area contributed by atoms with Gasteiger partial charge in [-0.2, -0.15) is 5.10 Å². The lowest BCUT2D eigenvalue weighted by Crippen LogP contribution is -2.54. The van der Waals surface area contributed by atoms with E-state index in [1.807, 2.05) is 35.1 Å². The van der Waals surface area contributed by atoms with Gasteiger partial charge >= 0.3 is 0 Å². The number of fused-ring (bicyclic) bond motifs is 1. The Morgan fingerprint density at radius 2 is 1.76 bits per heavy atom. The minimum absolute atomic E-state index is 0.205. The number of carbonyl (C=O) groups is 1. The van der Waals surface area contributed by atoms with Crippen molar-refractivity contribution < 1.29 is 9.90 Å². The Balaban J connectivity index is 1.15. The molecule has 3 N–H and O–H groups in total. The zero-order chi connectivity index (χ0) is 25.4. The second-order valence-corrected chi connectivity index (χ2v) is 11.0. The van der Waals surface area contributed by atoms with Gasteiger partial charge in [0.1, 0.15) is 17.0 Å². The standard InChI is InChI=1S/C27H31N7O2S/c28-26-22(27-31-23-3-1-2-4-24(23)37-27)13-18(14-29-26)19-15-30-34(16-19)20-5-9-32(10-6-20)25(17-35)33-11-7-21(36)8-12-33/h1-4,13-17,20-21,25,36H,5-12H2,(H2,28,29). The zero-order valence-corrected chi connectivity index (χ0v) is 21.4. The summed E-state index contributed by atoms with van der Waals surface area (Å²) in [6.45, 7) is 3.21. The van der Waals surface area contributed by atoms with Crippen molar-refractivity contribution in [2.45, 2.75) is 44.0 Å². The first kappa shape index (κ1) is 24.2. The number of hydrogen-bond acceptors (Lipinski definition) is 9. The molecule has 3 aromatic heterocycles. The lowest BCUT2D eigenvalue weighted by Gasteiger charge is -2.42. The van der Waals surface area contributed by atoms with Crippen molar-refractivity contribution in [2.75, 3.05) is 31.9 Å². The number of anilines is 1. The van der Waals surface area contributed by atoms with Gasteiger partial charge in [0.05, 0.1) is 34.1 Å². The Bertz CT molecular complexity index is 1350. The van der Waals surface area contributed by atoms with Gasteiger partial charge in [-0.3, -0.25) is 14.5 Å². The molecule has 0 amide bonds. The summed E-state index contributed by atoms with van der Waals surface area (Å²) in [7, 11) is 0. The summed E-state index contributed by atoms with van der Waals surface area (Å²) in [5.74, 6) is 0.468. The van der Waals surface area contributed by atoms with E-state index in [9.17, 15) is 9.90 Å². The van der Waals surface area contributed by atoms with Crippen LogP contribution in [0.3, 0.4) is 0 Å². The molecule has 0 aliphatic carbocycles. The third-order valence-corrected chi connectivity index (χ3v) is 8.69. The highest BCUT2D eigenvalue weighted by atomic mass is 32.1. The van der Waals surface area contributed by atoms with Gasteiger partial charge in [0.25, 0.3) is 0 Å². The molecule has 5 heterocycles. The van der Waals surface area contributed by atoms with Gasteiger partial charge < -0.3 is 15.6 Å². The van der Waals surface area contributed by atoms with Crippen molar-refractivity contribution in [1.82, 2.24) is 29.5 Å². The zero-order valence-electron chi connectivity index (χ0n) is 20.6. The van der Waals surface area contributed by atoms with E-state index in [2.05, 4.69) is 32.1 Å². The van der Waals surface area contributed by atoms with Crippen LogP contribution in [-0.4, -0.2) is 79.4 Å². The van der Waals surface area contributed by atoms with Crippen LogP contribution in [0.2, 0.25) is 0 Å². The Morgan fingerprint density at radius 3 is 2.49 bits per heavy atom. The fraction of sp³-hybridized carbons (Fsp3) is 0.407. The highest BCUT2D eigenvalue weighted by Gasteiger charge is 2.31. The molecule has 192 valence electrons. The first-order valence-corrected chi connectivity index (χ1v) is 13.7. The second-order valence-electron chi connectivity index (χ2n) is 9.94. The Labute approximate surface area is 219 Å². The summed E-state index contributed by atoms with van der Waals surface area (Å²) in [4.78, 5) is 25.6. The van der Waals surface area contributed by atoms with Crippen molar-refractivity contribution in [3.05, 3.63) is 48.9 Å². The molecule has 2 aliphatic heterocycles. The van der Waals surface area contributed by atoms with E-state index in [1.165, 1.54) is 0 Å². The van der Waals surface area contributed by atoms with Crippen LogP contribution in [0.25, 0.3) is 31.9 Å². The lowest BCUT2D eigenvalue weighted by molar-refractivity contribution is -0.121. The number of para-hydroxylation sites is 1. The molecule has 6 rings (SSSR count). The maximum absolute atomic E-state index is 11.9. The number of carbonyl (C=O) groups excluding carboxylic acids is 1. The molecule has 2 aliphatic rings. The number of nitrogen functional groups attached to an aromatic ring is 1. The van der Waals surface area contributed by atoms with Crippen molar-refractivity contribution in [3.63, 3.8) is 0 Å². The molecule has 10 heteroatoms. The number of nitrogens with two attached hydrogens (primary N) is 1. The normalized spacial score (nSPS) is 19.4. The summed E-state index contributed by atoms with van der Waals surface area (Å²) >= 11 is 1.61. The Hall–Kier alpha value is -3.18. The predicted molar refractivity (Wildman–Crippen MR) is 145 cm³/mol. The first-order chi connectivity index (χ1) is 18.1. The SMILES string of the molecule is Nc1ncc(-c2cnn(C3CCN(C(C=O)N4CCC(O)CC4)CC3)c2)cc1-c1nc2ccccc2s1. The maximum Gasteiger partial charge on any atom is 0.151 e. The van der Waals surface area contributed by atoms with Crippen LogP contribution in [0.5, 0.6) is 0 Å². The number of aliphatic hydroxyl groups excluding tert-OH is 1. The van der Waals surface area contributed by atoms with Crippen LogP contribution in [0.1, 0.15) is 31.7 Å². The third kappa shape index (κ3) is 4.89. The summed E-state index contributed by atoms with van der Waals surface area (Å²) in [5, 5.41) is 15.3. The highest BCUT2D eigenvalue weighted by molar-refractivity contribution is 7.21. The lowest BCUT2D eigenvalue weighted by atomic mass is 10.0. The minimum Gasteiger partial charge on any atom is -0.393 e. The molecule has 2 saturated heterocycles. The summed E-state index contributed by atoms with van der Waals surface area (Å²) < 4.78 is 3.17. The molecule has 9 nitrogen and oxygen atoms in total. The summed E-state index contributed by atoms with van der Waals surface area (Å²) in [6.07, 6.45) is 9.70. The number of hydrogen-bond donors (Lipinski definition) is 2.